The number of piperidine rings is 1. The van der Waals surface area contributed by atoms with Crippen molar-refractivity contribution in [2.24, 2.45) is 0 Å². The van der Waals surface area contributed by atoms with Crippen molar-refractivity contribution in [1.82, 2.24) is 4.98 Å². The molecule has 1 aliphatic rings. The van der Waals surface area contributed by atoms with Gasteiger partial charge in [0.15, 0.2) is 0 Å². The van der Waals surface area contributed by atoms with E-state index in [4.69, 9.17) is 5.11 Å². The van der Waals surface area contributed by atoms with Crippen LogP contribution in [0.25, 0.3) is 0 Å². The Hall–Kier alpha value is -1.58. The second-order valence-electron chi connectivity index (χ2n) is 4.22. The number of carbonyl (C=O) groups is 1. The number of aromatic nitrogens is 1. The Balaban J connectivity index is 2.34. The minimum atomic E-state index is -0.902. The molecule has 0 amide bonds. The fraction of sp³-hybridized carbons (Fsp3) is 0.500. The number of anilines is 1. The van der Waals surface area contributed by atoms with E-state index >= 15 is 0 Å². The normalized spacial score (nSPS) is 20.8. The molecule has 0 saturated carbocycles. The van der Waals surface area contributed by atoms with Crippen molar-refractivity contribution >= 4 is 11.8 Å². The number of carboxylic acid groups (broad SMARTS) is 1. The highest BCUT2D eigenvalue weighted by Gasteiger charge is 2.23. The molecule has 16 heavy (non-hydrogen) atoms. The molecule has 0 aromatic carbocycles. The second-order valence-corrected chi connectivity index (χ2v) is 4.22. The SMILES string of the molecule is C[C@@H]1CCCCN1c1ncccc1C(=O)O. The van der Waals surface area contributed by atoms with Crippen molar-refractivity contribution in [2.45, 2.75) is 32.2 Å². The van der Waals surface area contributed by atoms with Crippen LogP contribution in [0.2, 0.25) is 0 Å². The molecule has 0 aliphatic carbocycles. The van der Waals surface area contributed by atoms with Crippen molar-refractivity contribution in [2.75, 3.05) is 11.4 Å². The van der Waals surface area contributed by atoms with Gasteiger partial charge in [-0.25, -0.2) is 9.78 Å². The molecule has 1 N–H and O–H groups in total. The van der Waals surface area contributed by atoms with Gasteiger partial charge in [0.25, 0.3) is 0 Å². The van der Waals surface area contributed by atoms with Crippen LogP contribution in [0.15, 0.2) is 18.3 Å². The highest BCUT2D eigenvalue weighted by Crippen LogP contribution is 2.25. The van der Waals surface area contributed by atoms with Gasteiger partial charge in [0.2, 0.25) is 0 Å². The van der Waals surface area contributed by atoms with Crippen molar-refractivity contribution in [1.29, 1.82) is 0 Å². The van der Waals surface area contributed by atoms with Crippen LogP contribution in [-0.4, -0.2) is 28.6 Å². The van der Waals surface area contributed by atoms with Gasteiger partial charge in [-0.3, -0.25) is 0 Å². The van der Waals surface area contributed by atoms with Gasteiger partial charge in [0.05, 0.1) is 0 Å². The van der Waals surface area contributed by atoms with Crippen molar-refractivity contribution in [3.05, 3.63) is 23.9 Å². The van der Waals surface area contributed by atoms with Gasteiger partial charge < -0.3 is 10.0 Å². The molecule has 1 saturated heterocycles. The zero-order valence-electron chi connectivity index (χ0n) is 9.39. The summed E-state index contributed by atoms with van der Waals surface area (Å²) in [5, 5.41) is 9.12. The topological polar surface area (TPSA) is 53.4 Å². The number of rotatable bonds is 2. The highest BCUT2D eigenvalue weighted by molar-refractivity contribution is 5.93. The van der Waals surface area contributed by atoms with Crippen molar-refractivity contribution in [3.63, 3.8) is 0 Å². The van der Waals surface area contributed by atoms with Crippen LogP contribution in [0.1, 0.15) is 36.5 Å². The Bertz CT molecular complexity index is 392. The van der Waals surface area contributed by atoms with E-state index in [0.717, 1.165) is 19.4 Å². The molecule has 0 spiro atoms. The molecular weight excluding hydrogens is 204 g/mol. The van der Waals surface area contributed by atoms with Gasteiger partial charge >= 0.3 is 5.97 Å². The summed E-state index contributed by atoms with van der Waals surface area (Å²) >= 11 is 0. The molecule has 1 aliphatic heterocycles. The van der Waals surface area contributed by atoms with Crippen LogP contribution >= 0.6 is 0 Å². The summed E-state index contributed by atoms with van der Waals surface area (Å²) in [4.78, 5) is 17.4. The van der Waals surface area contributed by atoms with E-state index in [2.05, 4.69) is 16.8 Å². The third-order valence-corrected chi connectivity index (χ3v) is 3.09. The van der Waals surface area contributed by atoms with E-state index in [9.17, 15) is 4.79 Å². The molecule has 2 rings (SSSR count). The number of carboxylic acids is 1. The first kappa shape index (κ1) is 10.9. The molecule has 0 bridgehead atoms. The standard InChI is InChI=1S/C12H16N2O2/c1-9-5-2-3-8-14(9)11-10(12(15)16)6-4-7-13-11/h4,6-7,9H,2-3,5,8H2,1H3,(H,15,16)/t9-/m1/s1. The lowest BCUT2D eigenvalue weighted by Gasteiger charge is -2.35. The fourth-order valence-corrected chi connectivity index (χ4v) is 2.21. The molecule has 1 aromatic heterocycles. The first-order chi connectivity index (χ1) is 7.70. The maximum Gasteiger partial charge on any atom is 0.339 e. The van der Waals surface area contributed by atoms with Gasteiger partial charge in [-0.2, -0.15) is 0 Å². The van der Waals surface area contributed by atoms with E-state index in [1.54, 1.807) is 18.3 Å². The van der Waals surface area contributed by atoms with Gasteiger partial charge in [0.1, 0.15) is 11.4 Å². The van der Waals surface area contributed by atoms with E-state index < -0.39 is 5.97 Å². The van der Waals surface area contributed by atoms with Gasteiger partial charge in [-0.05, 0) is 38.3 Å². The molecule has 1 aromatic rings. The lowest BCUT2D eigenvalue weighted by atomic mass is 10.0. The van der Waals surface area contributed by atoms with Crippen LogP contribution < -0.4 is 4.90 Å². The summed E-state index contributed by atoms with van der Waals surface area (Å²) in [5.41, 5.74) is 0.302. The number of pyridine rings is 1. The maximum absolute atomic E-state index is 11.1. The average Bonchev–Trinajstić information content (AvgIpc) is 2.29. The lowest BCUT2D eigenvalue weighted by Crippen LogP contribution is -2.38. The highest BCUT2D eigenvalue weighted by atomic mass is 16.4. The molecule has 4 heteroatoms. The van der Waals surface area contributed by atoms with Gasteiger partial charge in [0, 0.05) is 18.8 Å². The van der Waals surface area contributed by atoms with E-state index in [1.807, 2.05) is 0 Å². The van der Waals surface area contributed by atoms with Crippen molar-refractivity contribution < 1.29 is 9.90 Å². The number of hydrogen-bond donors (Lipinski definition) is 1. The molecular formula is C12H16N2O2. The quantitative estimate of drug-likeness (QED) is 0.829. The first-order valence-electron chi connectivity index (χ1n) is 5.65. The van der Waals surface area contributed by atoms with Crippen LogP contribution in [0.4, 0.5) is 5.82 Å². The average molecular weight is 220 g/mol. The maximum atomic E-state index is 11.1. The summed E-state index contributed by atoms with van der Waals surface area (Å²) in [6, 6.07) is 3.66. The van der Waals surface area contributed by atoms with Gasteiger partial charge in [-0.15, -0.1) is 0 Å². The molecule has 0 unspecified atom stereocenters. The summed E-state index contributed by atoms with van der Waals surface area (Å²) in [7, 11) is 0. The molecule has 0 radical (unpaired) electrons. The predicted molar refractivity (Wildman–Crippen MR) is 61.9 cm³/mol. The second kappa shape index (κ2) is 4.51. The molecule has 86 valence electrons. The Labute approximate surface area is 94.9 Å². The smallest absolute Gasteiger partial charge is 0.339 e. The minimum absolute atomic E-state index is 0.302. The van der Waals surface area contributed by atoms with Gasteiger partial charge in [-0.1, -0.05) is 0 Å². The fourth-order valence-electron chi connectivity index (χ4n) is 2.21. The summed E-state index contributed by atoms with van der Waals surface area (Å²) in [5.74, 6) is -0.289. The molecule has 4 nitrogen and oxygen atoms in total. The van der Waals surface area contributed by atoms with Crippen LogP contribution in [0.3, 0.4) is 0 Å². The summed E-state index contributed by atoms with van der Waals surface area (Å²) in [6.45, 7) is 3.03. The third-order valence-electron chi connectivity index (χ3n) is 3.09. The number of aromatic carboxylic acids is 1. The van der Waals surface area contributed by atoms with Crippen molar-refractivity contribution in [3.8, 4) is 0 Å². The molecule has 1 atom stereocenters. The molecule has 2 heterocycles. The summed E-state index contributed by atoms with van der Waals surface area (Å²) < 4.78 is 0. The zero-order chi connectivity index (χ0) is 11.5. The van der Waals surface area contributed by atoms with Crippen LogP contribution in [0, 0.1) is 0 Å². The third kappa shape index (κ3) is 2.01. The minimum Gasteiger partial charge on any atom is -0.478 e. The Morgan fingerprint density at radius 1 is 1.56 bits per heavy atom. The number of hydrogen-bond acceptors (Lipinski definition) is 3. The number of nitrogens with zero attached hydrogens (tertiary/aromatic N) is 2. The molecule has 1 fully saturated rings. The Kier molecular flexibility index (Phi) is 3.08. The first-order valence-corrected chi connectivity index (χ1v) is 5.65. The zero-order valence-corrected chi connectivity index (χ0v) is 9.39. The summed E-state index contributed by atoms with van der Waals surface area (Å²) in [6.07, 6.45) is 5.09. The predicted octanol–water partition coefficient (Wildman–Crippen LogP) is 2.16. The van der Waals surface area contributed by atoms with E-state index in [0.29, 0.717) is 17.4 Å². The largest absolute Gasteiger partial charge is 0.478 e. The monoisotopic (exact) mass is 220 g/mol. The Morgan fingerprint density at radius 2 is 2.38 bits per heavy atom. The Morgan fingerprint density at radius 3 is 3.06 bits per heavy atom. The van der Waals surface area contributed by atoms with E-state index in [1.165, 1.54) is 6.42 Å². The van der Waals surface area contributed by atoms with E-state index in [-0.39, 0.29) is 0 Å². The van der Waals surface area contributed by atoms with Crippen LogP contribution in [0.5, 0.6) is 0 Å². The van der Waals surface area contributed by atoms with Crippen LogP contribution in [-0.2, 0) is 0 Å². The lowest BCUT2D eigenvalue weighted by molar-refractivity contribution is 0.0697.